The molecule has 0 radical (unpaired) electrons. The zero-order valence-corrected chi connectivity index (χ0v) is 12.9. The molecule has 3 heteroatoms. The Kier molecular flexibility index (Phi) is 5.09. The molecule has 1 heterocycles. The average Bonchev–Trinajstić information content (AvgIpc) is 2.55. The summed E-state index contributed by atoms with van der Waals surface area (Å²) in [5.74, 6) is 0.927. The van der Waals surface area contributed by atoms with Crippen molar-refractivity contribution in [1.29, 1.82) is 0 Å². The molecule has 2 aromatic rings. The van der Waals surface area contributed by atoms with Crippen LogP contribution in [0.25, 0.3) is 0 Å². The molecule has 1 aliphatic heterocycles. The van der Waals surface area contributed by atoms with Gasteiger partial charge in [0.25, 0.3) is 0 Å². The van der Waals surface area contributed by atoms with E-state index in [0.29, 0.717) is 12.6 Å². The topological polar surface area (TPSA) is 38.5 Å². The molecule has 3 rings (SSSR count). The molecule has 1 aliphatic rings. The molecule has 2 N–H and O–H groups in total. The van der Waals surface area contributed by atoms with Gasteiger partial charge < -0.3 is 10.5 Å². The number of likely N-dealkylation sites (tertiary alicyclic amines) is 1. The quantitative estimate of drug-likeness (QED) is 0.854. The van der Waals surface area contributed by atoms with Crippen LogP contribution in [0, 0.1) is 0 Å². The number of nitrogens with two attached hydrogens (primary N) is 1. The maximum atomic E-state index is 5.81. The van der Waals surface area contributed by atoms with Gasteiger partial charge in [0.1, 0.15) is 12.4 Å². The first-order valence-electron chi connectivity index (χ1n) is 8.05. The van der Waals surface area contributed by atoms with E-state index in [0.717, 1.165) is 25.3 Å². The summed E-state index contributed by atoms with van der Waals surface area (Å²) in [6.45, 7) is 3.70. The second kappa shape index (κ2) is 7.43. The Morgan fingerprint density at radius 3 is 2.41 bits per heavy atom. The molecule has 1 atom stereocenters. The molecular weight excluding hydrogens is 272 g/mol. The fraction of sp³-hybridized carbons (Fsp3) is 0.368. The number of rotatable bonds is 7. The van der Waals surface area contributed by atoms with Crippen molar-refractivity contribution in [1.82, 2.24) is 4.90 Å². The Bertz CT molecular complexity index is 566. The summed E-state index contributed by atoms with van der Waals surface area (Å²) in [6, 6.07) is 19.3. The normalized spacial score (nSPS) is 18.0. The second-order valence-electron chi connectivity index (χ2n) is 5.88. The van der Waals surface area contributed by atoms with Crippen molar-refractivity contribution in [2.24, 2.45) is 5.73 Å². The van der Waals surface area contributed by atoms with Crippen molar-refractivity contribution >= 4 is 0 Å². The summed E-state index contributed by atoms with van der Waals surface area (Å²) >= 11 is 0. The molecule has 0 aromatic heterocycles. The van der Waals surface area contributed by atoms with Gasteiger partial charge in [0, 0.05) is 25.7 Å². The summed E-state index contributed by atoms with van der Waals surface area (Å²) < 4.78 is 5.81. The van der Waals surface area contributed by atoms with E-state index in [4.69, 9.17) is 10.5 Å². The van der Waals surface area contributed by atoms with Crippen LogP contribution in [0.3, 0.4) is 0 Å². The molecule has 0 spiro atoms. The summed E-state index contributed by atoms with van der Waals surface area (Å²) in [5, 5.41) is 0. The minimum absolute atomic E-state index is 0.605. The van der Waals surface area contributed by atoms with Gasteiger partial charge in [-0.15, -0.1) is 0 Å². The number of benzene rings is 2. The Morgan fingerprint density at radius 2 is 1.77 bits per heavy atom. The predicted octanol–water partition coefficient (Wildman–Crippen LogP) is 2.84. The zero-order valence-electron chi connectivity index (χ0n) is 12.9. The second-order valence-corrected chi connectivity index (χ2v) is 5.88. The lowest BCUT2D eigenvalue weighted by atomic mass is 10.0. The maximum Gasteiger partial charge on any atom is 0.119 e. The standard InChI is InChI=1S/C19H24N2O/c20-14-18-11-13-21(18)12-10-16-6-8-19(9-7-16)22-15-17-4-2-1-3-5-17/h1-9,18H,10-15,20H2. The van der Waals surface area contributed by atoms with Crippen LogP contribution in [0.15, 0.2) is 54.6 Å². The number of ether oxygens (including phenoxy) is 1. The lowest BCUT2D eigenvalue weighted by Gasteiger charge is -2.40. The first-order chi connectivity index (χ1) is 10.8. The molecule has 1 fully saturated rings. The van der Waals surface area contributed by atoms with Crippen molar-refractivity contribution < 1.29 is 4.74 Å². The average molecular weight is 296 g/mol. The predicted molar refractivity (Wildman–Crippen MR) is 90.0 cm³/mol. The van der Waals surface area contributed by atoms with E-state index < -0.39 is 0 Å². The Balaban J connectivity index is 1.46. The van der Waals surface area contributed by atoms with Crippen molar-refractivity contribution in [3.8, 4) is 5.75 Å². The van der Waals surface area contributed by atoms with E-state index in [9.17, 15) is 0 Å². The Morgan fingerprint density at radius 1 is 1.00 bits per heavy atom. The molecule has 0 bridgehead atoms. The summed E-state index contributed by atoms with van der Waals surface area (Å²) in [4.78, 5) is 2.47. The Hall–Kier alpha value is -1.84. The Labute approximate surface area is 132 Å². The number of nitrogens with zero attached hydrogens (tertiary/aromatic N) is 1. The van der Waals surface area contributed by atoms with Crippen molar-refractivity contribution in [2.45, 2.75) is 25.5 Å². The smallest absolute Gasteiger partial charge is 0.119 e. The summed E-state index contributed by atoms with van der Waals surface area (Å²) in [5.41, 5.74) is 8.28. The van der Waals surface area contributed by atoms with Crippen LogP contribution in [0.4, 0.5) is 0 Å². The van der Waals surface area contributed by atoms with Gasteiger partial charge in [-0.3, -0.25) is 4.90 Å². The van der Waals surface area contributed by atoms with E-state index >= 15 is 0 Å². The highest BCUT2D eigenvalue weighted by atomic mass is 16.5. The van der Waals surface area contributed by atoms with Gasteiger partial charge in [-0.05, 0) is 36.1 Å². The van der Waals surface area contributed by atoms with Crippen molar-refractivity contribution in [3.05, 3.63) is 65.7 Å². The van der Waals surface area contributed by atoms with Crippen LogP contribution < -0.4 is 10.5 Å². The third-order valence-electron chi connectivity index (χ3n) is 4.40. The van der Waals surface area contributed by atoms with Crippen molar-refractivity contribution in [2.75, 3.05) is 19.6 Å². The van der Waals surface area contributed by atoms with Crippen LogP contribution in [-0.4, -0.2) is 30.6 Å². The first kappa shape index (κ1) is 15.1. The minimum Gasteiger partial charge on any atom is -0.489 e. The molecular formula is C19H24N2O. The molecule has 0 amide bonds. The van der Waals surface area contributed by atoms with E-state index in [1.165, 1.54) is 24.1 Å². The lowest BCUT2D eigenvalue weighted by molar-refractivity contribution is 0.0986. The fourth-order valence-electron chi connectivity index (χ4n) is 2.82. The highest BCUT2D eigenvalue weighted by Gasteiger charge is 2.25. The zero-order chi connectivity index (χ0) is 15.2. The number of hydrogen-bond acceptors (Lipinski definition) is 3. The van der Waals surface area contributed by atoms with Gasteiger partial charge in [-0.1, -0.05) is 42.5 Å². The van der Waals surface area contributed by atoms with Crippen LogP contribution in [-0.2, 0) is 13.0 Å². The largest absolute Gasteiger partial charge is 0.489 e. The van der Waals surface area contributed by atoms with E-state index in [1.54, 1.807) is 0 Å². The fourth-order valence-corrected chi connectivity index (χ4v) is 2.82. The minimum atomic E-state index is 0.605. The molecule has 116 valence electrons. The molecule has 0 aliphatic carbocycles. The van der Waals surface area contributed by atoms with Crippen LogP contribution >= 0.6 is 0 Å². The van der Waals surface area contributed by atoms with Gasteiger partial charge in [-0.2, -0.15) is 0 Å². The van der Waals surface area contributed by atoms with E-state index in [1.807, 2.05) is 18.2 Å². The molecule has 22 heavy (non-hydrogen) atoms. The first-order valence-corrected chi connectivity index (χ1v) is 8.05. The highest BCUT2D eigenvalue weighted by Crippen LogP contribution is 2.18. The van der Waals surface area contributed by atoms with Gasteiger partial charge in [0.15, 0.2) is 0 Å². The molecule has 0 saturated carbocycles. The molecule has 2 aromatic carbocycles. The van der Waals surface area contributed by atoms with E-state index in [-0.39, 0.29) is 0 Å². The van der Waals surface area contributed by atoms with Crippen molar-refractivity contribution in [3.63, 3.8) is 0 Å². The van der Waals surface area contributed by atoms with Gasteiger partial charge in [0.2, 0.25) is 0 Å². The van der Waals surface area contributed by atoms with Crippen LogP contribution in [0.1, 0.15) is 17.5 Å². The lowest BCUT2D eigenvalue weighted by Crippen LogP contribution is -2.52. The summed E-state index contributed by atoms with van der Waals surface area (Å²) in [6.07, 6.45) is 2.33. The SMILES string of the molecule is NCC1CCN1CCc1ccc(OCc2ccccc2)cc1. The van der Waals surface area contributed by atoms with Gasteiger partial charge in [-0.25, -0.2) is 0 Å². The highest BCUT2D eigenvalue weighted by molar-refractivity contribution is 5.28. The third-order valence-corrected chi connectivity index (χ3v) is 4.40. The van der Waals surface area contributed by atoms with Crippen LogP contribution in [0.5, 0.6) is 5.75 Å². The molecule has 1 unspecified atom stereocenters. The maximum absolute atomic E-state index is 5.81. The molecule has 3 nitrogen and oxygen atoms in total. The summed E-state index contributed by atoms with van der Waals surface area (Å²) in [7, 11) is 0. The third kappa shape index (κ3) is 3.87. The van der Waals surface area contributed by atoms with Gasteiger partial charge in [0.05, 0.1) is 0 Å². The monoisotopic (exact) mass is 296 g/mol. The number of hydrogen-bond donors (Lipinski definition) is 1. The van der Waals surface area contributed by atoms with Gasteiger partial charge >= 0.3 is 0 Å². The van der Waals surface area contributed by atoms with Crippen LogP contribution in [0.2, 0.25) is 0 Å². The molecule has 1 saturated heterocycles. The van der Waals surface area contributed by atoms with E-state index in [2.05, 4.69) is 41.3 Å².